The number of rotatable bonds is 7. The van der Waals surface area contributed by atoms with Gasteiger partial charge in [0.1, 0.15) is 18.2 Å². The molecule has 2 amide bonds. The fourth-order valence-corrected chi connectivity index (χ4v) is 6.52. The summed E-state index contributed by atoms with van der Waals surface area (Å²) in [4.78, 5) is 32.9. The second kappa shape index (κ2) is 12.2. The standard InChI is InChI=1S/C34H30FN5O2S/c1-22-10-8-16-28(23(22)2)40-34-31(32(38-40)25-12-4-3-5-13-25)33(26-14-6-7-15-27(26)35)43-21-30(42)39(34)20-29(41)37-19-24-11-9-17-36-18-24/h3-18,33H,19-21H2,1-2H3,(H,37,41)/t33-/m0/s1. The van der Waals surface area contributed by atoms with Gasteiger partial charge >= 0.3 is 0 Å². The molecule has 2 aromatic heterocycles. The second-order valence-electron chi connectivity index (χ2n) is 10.4. The molecule has 9 heteroatoms. The Morgan fingerprint density at radius 3 is 2.56 bits per heavy atom. The van der Waals surface area contributed by atoms with Crippen LogP contribution in [0.1, 0.15) is 33.1 Å². The molecule has 3 heterocycles. The first-order chi connectivity index (χ1) is 20.9. The molecule has 1 aliphatic rings. The van der Waals surface area contributed by atoms with E-state index in [0.717, 1.165) is 27.9 Å². The zero-order chi connectivity index (χ0) is 29.9. The number of hydrogen-bond donors (Lipinski definition) is 1. The second-order valence-corrected chi connectivity index (χ2v) is 11.5. The van der Waals surface area contributed by atoms with E-state index in [1.165, 1.54) is 22.7 Å². The SMILES string of the molecule is Cc1cccc(-n2nc(-c3ccccc3)c3c2N(CC(=O)NCc2cccnc2)C(=O)CS[C@H]3c2ccccc2F)c1C. The molecule has 0 spiro atoms. The van der Waals surface area contributed by atoms with Crippen LogP contribution < -0.4 is 10.2 Å². The molecule has 0 aliphatic carbocycles. The summed E-state index contributed by atoms with van der Waals surface area (Å²) in [5, 5.41) is 7.49. The molecule has 0 unspecified atom stereocenters. The van der Waals surface area contributed by atoms with Crippen LogP contribution in [0.15, 0.2) is 97.3 Å². The molecule has 0 saturated carbocycles. The highest BCUT2D eigenvalue weighted by atomic mass is 32.2. The first-order valence-electron chi connectivity index (χ1n) is 14.0. The molecule has 1 N–H and O–H groups in total. The molecule has 43 heavy (non-hydrogen) atoms. The summed E-state index contributed by atoms with van der Waals surface area (Å²) in [6, 6.07) is 25.9. The summed E-state index contributed by atoms with van der Waals surface area (Å²) in [6.45, 7) is 4.08. The van der Waals surface area contributed by atoms with Gasteiger partial charge in [0.05, 0.1) is 22.4 Å². The minimum Gasteiger partial charge on any atom is -0.350 e. The van der Waals surface area contributed by atoms with Crippen LogP contribution in [0.25, 0.3) is 16.9 Å². The summed E-state index contributed by atoms with van der Waals surface area (Å²) in [5.74, 6) is -0.419. The zero-order valence-electron chi connectivity index (χ0n) is 23.8. The van der Waals surface area contributed by atoms with Gasteiger partial charge in [-0.15, -0.1) is 11.8 Å². The lowest BCUT2D eigenvalue weighted by Crippen LogP contribution is -2.42. The van der Waals surface area contributed by atoms with Crippen molar-refractivity contribution in [3.8, 4) is 16.9 Å². The lowest BCUT2D eigenvalue weighted by atomic mass is 9.99. The number of halogens is 1. The van der Waals surface area contributed by atoms with E-state index in [-0.39, 0.29) is 36.5 Å². The van der Waals surface area contributed by atoms with Crippen LogP contribution in [0, 0.1) is 19.7 Å². The Bertz CT molecular complexity index is 1790. The van der Waals surface area contributed by atoms with Crippen LogP contribution >= 0.6 is 11.8 Å². The average molecular weight is 592 g/mol. The predicted molar refractivity (Wildman–Crippen MR) is 168 cm³/mol. The summed E-state index contributed by atoms with van der Waals surface area (Å²) < 4.78 is 17.2. The van der Waals surface area contributed by atoms with Crippen LogP contribution in [-0.4, -0.2) is 38.9 Å². The molecule has 1 aliphatic heterocycles. The maximum atomic E-state index is 15.4. The number of carbonyl (C=O) groups is 2. The van der Waals surface area contributed by atoms with Crippen LogP contribution in [-0.2, 0) is 16.1 Å². The Labute approximate surface area is 253 Å². The van der Waals surface area contributed by atoms with Crippen LogP contribution in [0.5, 0.6) is 0 Å². The van der Waals surface area contributed by atoms with E-state index < -0.39 is 5.25 Å². The van der Waals surface area contributed by atoms with E-state index in [0.29, 0.717) is 22.6 Å². The molecule has 7 nitrogen and oxygen atoms in total. The molecular formula is C34H30FN5O2S. The minimum atomic E-state index is -0.544. The minimum absolute atomic E-state index is 0.0601. The van der Waals surface area contributed by atoms with Crippen molar-refractivity contribution in [2.45, 2.75) is 25.6 Å². The number of fused-ring (bicyclic) bond motifs is 1. The lowest BCUT2D eigenvalue weighted by molar-refractivity contribution is -0.123. The normalized spacial score (nSPS) is 14.7. The number of aryl methyl sites for hydroxylation is 1. The van der Waals surface area contributed by atoms with Crippen molar-refractivity contribution < 1.29 is 14.0 Å². The van der Waals surface area contributed by atoms with E-state index in [9.17, 15) is 9.59 Å². The molecule has 6 rings (SSSR count). The van der Waals surface area contributed by atoms with Gasteiger partial charge in [-0.2, -0.15) is 5.10 Å². The molecule has 3 aromatic carbocycles. The van der Waals surface area contributed by atoms with E-state index in [4.69, 9.17) is 5.10 Å². The number of hydrogen-bond acceptors (Lipinski definition) is 5. The molecule has 0 radical (unpaired) electrons. The van der Waals surface area contributed by atoms with Gasteiger partial charge in [-0.05, 0) is 48.7 Å². The number of thioether (sulfide) groups is 1. The summed E-state index contributed by atoms with van der Waals surface area (Å²) >= 11 is 1.34. The molecule has 216 valence electrons. The maximum Gasteiger partial charge on any atom is 0.240 e. The zero-order valence-corrected chi connectivity index (χ0v) is 24.6. The van der Waals surface area contributed by atoms with Gasteiger partial charge in [0.15, 0.2) is 0 Å². The van der Waals surface area contributed by atoms with Gasteiger partial charge < -0.3 is 5.32 Å². The topological polar surface area (TPSA) is 80.1 Å². The number of aromatic nitrogens is 3. The molecule has 0 saturated heterocycles. The fraction of sp³-hybridized carbons (Fsp3) is 0.176. The highest BCUT2D eigenvalue weighted by Gasteiger charge is 2.38. The van der Waals surface area contributed by atoms with Crippen molar-refractivity contribution in [3.05, 3.63) is 131 Å². The first kappa shape index (κ1) is 28.4. The number of amides is 2. The van der Waals surface area contributed by atoms with Crippen LogP contribution in [0.4, 0.5) is 10.2 Å². The summed E-state index contributed by atoms with van der Waals surface area (Å²) in [6.07, 6.45) is 3.36. The van der Waals surface area contributed by atoms with E-state index in [1.54, 1.807) is 41.3 Å². The smallest absolute Gasteiger partial charge is 0.240 e. The Morgan fingerprint density at radius 2 is 1.79 bits per heavy atom. The maximum absolute atomic E-state index is 15.4. The number of benzene rings is 3. The van der Waals surface area contributed by atoms with Gasteiger partial charge in [0.25, 0.3) is 0 Å². The van der Waals surface area contributed by atoms with Gasteiger partial charge in [-0.25, -0.2) is 9.07 Å². The monoisotopic (exact) mass is 591 g/mol. The number of nitrogens with one attached hydrogen (secondary N) is 1. The molecule has 0 fully saturated rings. The van der Waals surface area contributed by atoms with Crippen molar-refractivity contribution in [2.75, 3.05) is 17.2 Å². The quantitative estimate of drug-likeness (QED) is 0.245. The van der Waals surface area contributed by atoms with Crippen molar-refractivity contribution in [1.82, 2.24) is 20.1 Å². The Kier molecular flexibility index (Phi) is 8.07. The Morgan fingerprint density at radius 1 is 1.00 bits per heavy atom. The summed E-state index contributed by atoms with van der Waals surface area (Å²) in [7, 11) is 0. The molecule has 1 atom stereocenters. The van der Waals surface area contributed by atoms with Gasteiger partial charge in [-0.3, -0.25) is 19.5 Å². The highest BCUT2D eigenvalue weighted by molar-refractivity contribution is 8.00. The molecule has 5 aromatic rings. The van der Waals surface area contributed by atoms with Crippen LogP contribution in [0.3, 0.4) is 0 Å². The van der Waals surface area contributed by atoms with Crippen molar-refractivity contribution >= 4 is 29.4 Å². The number of anilines is 1. The molecular weight excluding hydrogens is 561 g/mol. The van der Waals surface area contributed by atoms with Crippen molar-refractivity contribution in [3.63, 3.8) is 0 Å². The van der Waals surface area contributed by atoms with Gasteiger partial charge in [0, 0.05) is 35.6 Å². The Hall–Kier alpha value is -4.76. The number of pyridine rings is 1. The third-order valence-corrected chi connectivity index (χ3v) is 8.88. The van der Waals surface area contributed by atoms with Gasteiger partial charge in [0.2, 0.25) is 11.8 Å². The predicted octanol–water partition coefficient (Wildman–Crippen LogP) is 6.18. The highest BCUT2D eigenvalue weighted by Crippen LogP contribution is 2.49. The van der Waals surface area contributed by atoms with Gasteiger partial charge in [-0.1, -0.05) is 66.7 Å². The third-order valence-electron chi connectivity index (χ3n) is 7.64. The largest absolute Gasteiger partial charge is 0.350 e. The van der Waals surface area contributed by atoms with Crippen molar-refractivity contribution in [2.24, 2.45) is 0 Å². The van der Waals surface area contributed by atoms with Crippen LogP contribution in [0.2, 0.25) is 0 Å². The summed E-state index contributed by atoms with van der Waals surface area (Å²) in [5.41, 5.74) is 6.29. The third kappa shape index (κ3) is 5.68. The fourth-order valence-electron chi connectivity index (χ4n) is 5.30. The first-order valence-corrected chi connectivity index (χ1v) is 15.0. The number of nitrogens with zero attached hydrogens (tertiary/aromatic N) is 4. The van der Waals surface area contributed by atoms with E-state index >= 15 is 4.39 Å². The van der Waals surface area contributed by atoms with E-state index in [2.05, 4.69) is 10.3 Å². The lowest BCUT2D eigenvalue weighted by Gasteiger charge is -2.24. The Balaban J connectivity index is 1.55. The number of carbonyl (C=O) groups excluding carboxylic acids is 2. The average Bonchev–Trinajstić information content (AvgIpc) is 3.35. The van der Waals surface area contributed by atoms with Crippen molar-refractivity contribution in [1.29, 1.82) is 0 Å². The van der Waals surface area contributed by atoms with E-state index in [1.807, 2.05) is 68.4 Å². The molecule has 0 bridgehead atoms.